The predicted octanol–water partition coefficient (Wildman–Crippen LogP) is 3.30. The molecule has 0 aliphatic carbocycles. The van der Waals surface area contributed by atoms with Crippen LogP contribution >= 0.6 is 0 Å². The predicted molar refractivity (Wildman–Crippen MR) is 65.2 cm³/mol. The Morgan fingerprint density at radius 3 is 2.69 bits per heavy atom. The normalized spacial score (nSPS) is 11.8. The van der Waals surface area contributed by atoms with Gasteiger partial charge in [0.05, 0.1) is 6.61 Å². The number of carbonyl (C=O) groups is 1. The van der Waals surface area contributed by atoms with Gasteiger partial charge in [-0.3, -0.25) is 4.79 Å². The number of ether oxygens (including phenoxy) is 1. The second-order valence-electron chi connectivity index (χ2n) is 3.60. The van der Waals surface area contributed by atoms with Gasteiger partial charge >= 0.3 is 5.97 Å². The highest BCUT2D eigenvalue weighted by Crippen LogP contribution is 2.22. The summed E-state index contributed by atoms with van der Waals surface area (Å²) in [5, 5.41) is 0. The summed E-state index contributed by atoms with van der Waals surface area (Å²) in [4.78, 5) is 11.2. The highest BCUT2D eigenvalue weighted by molar-refractivity contribution is 5.69. The Labute approximate surface area is 96.9 Å². The van der Waals surface area contributed by atoms with Crippen LogP contribution in [0, 0.1) is 0 Å². The fourth-order valence-electron chi connectivity index (χ4n) is 1.63. The van der Waals surface area contributed by atoms with Crippen molar-refractivity contribution in [2.75, 3.05) is 6.61 Å². The molecule has 0 saturated heterocycles. The third-order valence-electron chi connectivity index (χ3n) is 2.48. The van der Waals surface area contributed by atoms with Gasteiger partial charge in [-0.15, -0.1) is 6.58 Å². The Morgan fingerprint density at radius 2 is 2.12 bits per heavy atom. The average Bonchev–Trinajstić information content (AvgIpc) is 2.31. The van der Waals surface area contributed by atoms with Crippen LogP contribution in [0.1, 0.15) is 31.2 Å². The summed E-state index contributed by atoms with van der Waals surface area (Å²) in [6.07, 6.45) is 3.08. The number of allylic oxidation sites excluding steroid dienone is 1. The second kappa shape index (κ2) is 6.83. The Bertz CT molecular complexity index is 330. The Morgan fingerprint density at radius 1 is 1.44 bits per heavy atom. The summed E-state index contributed by atoms with van der Waals surface area (Å²) in [7, 11) is 0. The molecular formula is C14H18O2. The molecule has 0 aliphatic rings. The van der Waals surface area contributed by atoms with E-state index in [0.717, 1.165) is 6.42 Å². The lowest BCUT2D eigenvalue weighted by Gasteiger charge is -2.12. The second-order valence-corrected chi connectivity index (χ2v) is 3.60. The van der Waals surface area contributed by atoms with Gasteiger partial charge in [0.1, 0.15) is 0 Å². The maximum absolute atomic E-state index is 11.2. The van der Waals surface area contributed by atoms with Crippen molar-refractivity contribution < 1.29 is 9.53 Å². The fraction of sp³-hybridized carbons (Fsp3) is 0.357. The van der Waals surface area contributed by atoms with Gasteiger partial charge in [-0.25, -0.2) is 0 Å². The van der Waals surface area contributed by atoms with E-state index in [4.69, 9.17) is 4.74 Å². The van der Waals surface area contributed by atoms with Gasteiger partial charge in [-0.1, -0.05) is 36.4 Å². The molecule has 86 valence electrons. The smallest absolute Gasteiger partial charge is 0.305 e. The molecule has 0 N–H and O–H groups in total. The largest absolute Gasteiger partial charge is 0.466 e. The van der Waals surface area contributed by atoms with E-state index in [1.807, 2.05) is 31.2 Å². The molecule has 16 heavy (non-hydrogen) atoms. The van der Waals surface area contributed by atoms with Crippen LogP contribution in [0.15, 0.2) is 43.0 Å². The molecule has 2 heteroatoms. The van der Waals surface area contributed by atoms with E-state index in [1.54, 1.807) is 0 Å². The summed E-state index contributed by atoms with van der Waals surface area (Å²) in [5.41, 5.74) is 1.20. The van der Waals surface area contributed by atoms with Crippen LogP contribution in [0.3, 0.4) is 0 Å². The molecule has 0 heterocycles. The van der Waals surface area contributed by atoms with Gasteiger partial charge in [0.15, 0.2) is 0 Å². The van der Waals surface area contributed by atoms with Crippen LogP contribution < -0.4 is 0 Å². The maximum Gasteiger partial charge on any atom is 0.305 e. The highest BCUT2D eigenvalue weighted by Gasteiger charge is 2.10. The van der Waals surface area contributed by atoms with Gasteiger partial charge in [-0.05, 0) is 18.9 Å². The van der Waals surface area contributed by atoms with Gasteiger partial charge in [-0.2, -0.15) is 0 Å². The van der Waals surface area contributed by atoms with Crippen molar-refractivity contribution in [2.45, 2.75) is 25.7 Å². The number of rotatable bonds is 6. The Balaban J connectivity index is 2.50. The molecule has 0 amide bonds. The van der Waals surface area contributed by atoms with E-state index >= 15 is 0 Å². The van der Waals surface area contributed by atoms with E-state index in [0.29, 0.717) is 13.0 Å². The summed E-state index contributed by atoms with van der Waals surface area (Å²) in [6, 6.07) is 10.1. The number of benzene rings is 1. The van der Waals surface area contributed by atoms with E-state index in [2.05, 4.69) is 18.7 Å². The third kappa shape index (κ3) is 3.89. The molecule has 0 saturated carbocycles. The molecule has 1 unspecified atom stereocenters. The topological polar surface area (TPSA) is 26.3 Å². The monoisotopic (exact) mass is 218 g/mol. The van der Waals surface area contributed by atoms with E-state index in [-0.39, 0.29) is 11.9 Å². The van der Waals surface area contributed by atoms with E-state index < -0.39 is 0 Å². The Hall–Kier alpha value is -1.57. The number of hydrogen-bond donors (Lipinski definition) is 0. The highest BCUT2D eigenvalue weighted by atomic mass is 16.5. The molecule has 2 nitrogen and oxygen atoms in total. The van der Waals surface area contributed by atoms with Crippen molar-refractivity contribution in [3.8, 4) is 0 Å². The molecule has 0 bridgehead atoms. The van der Waals surface area contributed by atoms with Crippen LogP contribution in [0.4, 0.5) is 0 Å². The summed E-state index contributed by atoms with van der Waals surface area (Å²) in [5.74, 6) is 0.0934. The zero-order valence-electron chi connectivity index (χ0n) is 9.69. The van der Waals surface area contributed by atoms with Crippen molar-refractivity contribution in [3.05, 3.63) is 48.6 Å². The summed E-state index contributed by atoms with van der Waals surface area (Å²) in [6.45, 7) is 6.08. The van der Waals surface area contributed by atoms with Gasteiger partial charge in [0, 0.05) is 12.3 Å². The molecule has 0 fully saturated rings. The molecular weight excluding hydrogens is 200 g/mol. The molecule has 1 aromatic rings. The average molecular weight is 218 g/mol. The lowest BCUT2D eigenvalue weighted by Crippen LogP contribution is -2.06. The van der Waals surface area contributed by atoms with Crippen molar-refractivity contribution in [2.24, 2.45) is 0 Å². The number of esters is 1. The zero-order chi connectivity index (χ0) is 11.8. The first kappa shape index (κ1) is 12.5. The zero-order valence-corrected chi connectivity index (χ0v) is 9.69. The van der Waals surface area contributed by atoms with Crippen molar-refractivity contribution in [3.63, 3.8) is 0 Å². The van der Waals surface area contributed by atoms with Crippen LogP contribution in [-0.2, 0) is 9.53 Å². The first-order valence-corrected chi connectivity index (χ1v) is 5.61. The van der Waals surface area contributed by atoms with Gasteiger partial charge in [0.25, 0.3) is 0 Å². The molecule has 1 atom stereocenters. The fourth-order valence-corrected chi connectivity index (χ4v) is 1.63. The molecule has 0 aromatic heterocycles. The minimum Gasteiger partial charge on any atom is -0.466 e. The first-order valence-electron chi connectivity index (χ1n) is 5.61. The van der Waals surface area contributed by atoms with E-state index in [1.165, 1.54) is 5.56 Å². The maximum atomic E-state index is 11.2. The Kier molecular flexibility index (Phi) is 5.34. The molecule has 0 radical (unpaired) electrons. The van der Waals surface area contributed by atoms with Crippen molar-refractivity contribution in [1.29, 1.82) is 0 Å². The summed E-state index contributed by atoms with van der Waals surface area (Å²) >= 11 is 0. The minimum absolute atomic E-state index is 0.134. The van der Waals surface area contributed by atoms with Gasteiger partial charge < -0.3 is 4.74 Å². The number of hydrogen-bond acceptors (Lipinski definition) is 2. The van der Waals surface area contributed by atoms with E-state index in [9.17, 15) is 4.79 Å². The SMILES string of the molecule is C=CC(CCC(=O)OCC)c1ccccc1. The van der Waals surface area contributed by atoms with Gasteiger partial charge in [0.2, 0.25) is 0 Å². The van der Waals surface area contributed by atoms with Crippen LogP contribution in [0.25, 0.3) is 0 Å². The lowest BCUT2D eigenvalue weighted by molar-refractivity contribution is -0.143. The summed E-state index contributed by atoms with van der Waals surface area (Å²) < 4.78 is 4.90. The lowest BCUT2D eigenvalue weighted by atomic mass is 9.94. The first-order chi connectivity index (χ1) is 7.77. The molecule has 1 rings (SSSR count). The third-order valence-corrected chi connectivity index (χ3v) is 2.48. The molecule has 0 spiro atoms. The standard InChI is InChI=1S/C14H18O2/c1-3-12(10-11-14(15)16-4-2)13-8-6-5-7-9-13/h3,5-9,12H,1,4,10-11H2,2H3. The minimum atomic E-state index is -0.134. The molecule has 0 aliphatic heterocycles. The number of carbonyl (C=O) groups excluding carboxylic acids is 1. The van der Waals surface area contributed by atoms with Crippen LogP contribution in [0.5, 0.6) is 0 Å². The van der Waals surface area contributed by atoms with Crippen LogP contribution in [0.2, 0.25) is 0 Å². The van der Waals surface area contributed by atoms with Crippen LogP contribution in [-0.4, -0.2) is 12.6 Å². The molecule has 1 aromatic carbocycles. The van der Waals surface area contributed by atoms with Crippen molar-refractivity contribution >= 4 is 5.97 Å². The van der Waals surface area contributed by atoms with Crippen molar-refractivity contribution in [1.82, 2.24) is 0 Å². The quantitative estimate of drug-likeness (QED) is 0.541.